The average Bonchev–Trinajstić information content (AvgIpc) is 2.96. The highest BCUT2D eigenvalue weighted by Gasteiger charge is 2.34. The molecule has 0 atom stereocenters. The number of amides is 2. The molecule has 0 bridgehead atoms. The van der Waals surface area contributed by atoms with E-state index in [1.54, 1.807) is 17.2 Å². The van der Waals surface area contributed by atoms with Gasteiger partial charge < -0.3 is 20.4 Å². The molecule has 8 nitrogen and oxygen atoms in total. The van der Waals surface area contributed by atoms with E-state index in [1.165, 1.54) is 12.1 Å². The fourth-order valence-corrected chi connectivity index (χ4v) is 5.65. The van der Waals surface area contributed by atoms with Gasteiger partial charge in [0.15, 0.2) is 0 Å². The monoisotopic (exact) mass is 614 g/mol. The first-order valence-corrected chi connectivity index (χ1v) is 14.6. The zero-order valence-electron chi connectivity index (χ0n) is 24.0. The molecule has 2 amide bonds. The van der Waals surface area contributed by atoms with Gasteiger partial charge in [-0.05, 0) is 61.4 Å². The number of aromatic nitrogens is 1. The van der Waals surface area contributed by atoms with E-state index >= 15 is 0 Å². The third-order valence-corrected chi connectivity index (χ3v) is 7.77. The molecule has 12 heteroatoms. The highest BCUT2D eigenvalue weighted by molar-refractivity contribution is 6.30. The van der Waals surface area contributed by atoms with Gasteiger partial charge >= 0.3 is 6.18 Å². The Bertz CT molecular complexity index is 1490. The quantitative estimate of drug-likeness (QED) is 0.384. The van der Waals surface area contributed by atoms with Crippen LogP contribution in [0.5, 0.6) is 0 Å². The third kappa shape index (κ3) is 7.40. The zero-order valence-corrected chi connectivity index (χ0v) is 24.8. The van der Waals surface area contributed by atoms with Gasteiger partial charge in [0.1, 0.15) is 5.82 Å². The Balaban J connectivity index is 1.32. The SMILES string of the molecule is CC(C)NC(=O)CN1CCN(C(=O)c2cccc(-c3cnc4c(c3)N(Cc3cc(Cl)ccc3C(F)(F)F)CCN4)c2)CC1. The van der Waals surface area contributed by atoms with Crippen molar-refractivity contribution in [1.29, 1.82) is 0 Å². The van der Waals surface area contributed by atoms with E-state index in [4.69, 9.17) is 11.6 Å². The van der Waals surface area contributed by atoms with Crippen LogP contribution in [-0.2, 0) is 17.5 Å². The minimum Gasteiger partial charge on any atom is -0.367 e. The van der Waals surface area contributed by atoms with Gasteiger partial charge in [-0.1, -0.05) is 23.7 Å². The lowest BCUT2D eigenvalue weighted by Crippen LogP contribution is -2.51. The van der Waals surface area contributed by atoms with Gasteiger partial charge in [0, 0.05) is 74.2 Å². The van der Waals surface area contributed by atoms with Gasteiger partial charge in [-0.3, -0.25) is 14.5 Å². The van der Waals surface area contributed by atoms with Crippen LogP contribution in [0.3, 0.4) is 0 Å². The smallest absolute Gasteiger partial charge is 0.367 e. The van der Waals surface area contributed by atoms with Crippen LogP contribution in [0.4, 0.5) is 24.7 Å². The normalized spacial score (nSPS) is 15.7. The first-order valence-electron chi connectivity index (χ1n) is 14.2. The Morgan fingerprint density at radius 2 is 1.79 bits per heavy atom. The Kier molecular flexibility index (Phi) is 9.12. The third-order valence-electron chi connectivity index (χ3n) is 7.54. The number of rotatable bonds is 7. The summed E-state index contributed by atoms with van der Waals surface area (Å²) in [6.45, 7) is 7.42. The number of hydrogen-bond donors (Lipinski definition) is 2. The minimum atomic E-state index is -4.50. The first-order chi connectivity index (χ1) is 20.5. The maximum atomic E-state index is 13.7. The number of carbonyl (C=O) groups is 2. The number of nitrogens with one attached hydrogen (secondary N) is 2. The molecule has 2 aliphatic heterocycles. The van der Waals surface area contributed by atoms with Crippen LogP contribution in [-0.4, -0.2) is 78.5 Å². The largest absolute Gasteiger partial charge is 0.416 e. The molecule has 1 aromatic heterocycles. The van der Waals surface area contributed by atoms with E-state index in [1.807, 2.05) is 47.9 Å². The van der Waals surface area contributed by atoms with Gasteiger partial charge in [0.05, 0.1) is 17.8 Å². The predicted molar refractivity (Wildman–Crippen MR) is 161 cm³/mol. The molecule has 1 saturated heterocycles. The minimum absolute atomic E-state index is 0.0127. The number of halogens is 4. The number of pyridine rings is 1. The summed E-state index contributed by atoms with van der Waals surface area (Å²) in [6.07, 6.45) is -2.81. The number of anilines is 2. The van der Waals surface area contributed by atoms with E-state index in [-0.39, 0.29) is 35.0 Å². The number of hydrogen-bond acceptors (Lipinski definition) is 6. The van der Waals surface area contributed by atoms with Gasteiger partial charge in [0.2, 0.25) is 5.91 Å². The molecule has 3 heterocycles. The maximum absolute atomic E-state index is 13.7. The number of nitrogens with zero attached hydrogens (tertiary/aromatic N) is 4. The maximum Gasteiger partial charge on any atom is 0.416 e. The van der Waals surface area contributed by atoms with Crippen LogP contribution in [0, 0.1) is 0 Å². The second-order valence-corrected chi connectivity index (χ2v) is 11.5. The summed E-state index contributed by atoms with van der Waals surface area (Å²) in [5.41, 5.74) is 2.09. The van der Waals surface area contributed by atoms with Crippen molar-refractivity contribution in [2.24, 2.45) is 0 Å². The molecule has 43 heavy (non-hydrogen) atoms. The molecule has 0 radical (unpaired) electrons. The van der Waals surface area contributed by atoms with Gasteiger partial charge in [-0.15, -0.1) is 0 Å². The molecule has 0 unspecified atom stereocenters. The molecule has 0 spiro atoms. The molecule has 228 valence electrons. The van der Waals surface area contributed by atoms with Crippen molar-refractivity contribution in [2.75, 3.05) is 56.0 Å². The van der Waals surface area contributed by atoms with E-state index in [0.717, 1.165) is 17.2 Å². The fourth-order valence-electron chi connectivity index (χ4n) is 5.45. The molecule has 2 aliphatic rings. The highest BCUT2D eigenvalue weighted by Crippen LogP contribution is 2.37. The van der Waals surface area contributed by atoms with Crippen LogP contribution < -0.4 is 15.5 Å². The summed E-state index contributed by atoms with van der Waals surface area (Å²) < 4.78 is 41.2. The van der Waals surface area contributed by atoms with Crippen molar-refractivity contribution < 1.29 is 22.8 Å². The van der Waals surface area contributed by atoms with E-state index in [9.17, 15) is 22.8 Å². The van der Waals surface area contributed by atoms with Crippen molar-refractivity contribution in [3.8, 4) is 11.1 Å². The number of piperazine rings is 1. The first kappa shape index (κ1) is 30.6. The lowest BCUT2D eigenvalue weighted by molar-refractivity contribution is -0.138. The summed E-state index contributed by atoms with van der Waals surface area (Å²) in [4.78, 5) is 35.7. The van der Waals surface area contributed by atoms with Crippen LogP contribution >= 0.6 is 11.6 Å². The Morgan fingerprint density at radius 1 is 1.02 bits per heavy atom. The second-order valence-electron chi connectivity index (χ2n) is 11.1. The highest BCUT2D eigenvalue weighted by atomic mass is 35.5. The number of alkyl halides is 3. The summed E-state index contributed by atoms with van der Waals surface area (Å²) in [5.74, 6) is 0.462. The molecule has 1 fully saturated rings. The molecule has 2 N–H and O–H groups in total. The Hall–Kier alpha value is -3.83. The second kappa shape index (κ2) is 12.8. The van der Waals surface area contributed by atoms with Crippen LogP contribution in [0.1, 0.15) is 35.3 Å². The molecular formula is C31H34ClF3N6O2. The zero-order chi connectivity index (χ0) is 30.7. The molecular weight excluding hydrogens is 581 g/mol. The average molecular weight is 615 g/mol. The lowest BCUT2D eigenvalue weighted by atomic mass is 10.0. The van der Waals surface area contributed by atoms with Crippen LogP contribution in [0.15, 0.2) is 54.7 Å². The van der Waals surface area contributed by atoms with Crippen molar-refractivity contribution in [3.63, 3.8) is 0 Å². The van der Waals surface area contributed by atoms with E-state index in [0.29, 0.717) is 62.9 Å². The van der Waals surface area contributed by atoms with Crippen LogP contribution in [0.2, 0.25) is 5.02 Å². The molecule has 3 aromatic rings. The van der Waals surface area contributed by atoms with Gasteiger partial charge in [0.25, 0.3) is 5.91 Å². The van der Waals surface area contributed by atoms with E-state index in [2.05, 4.69) is 15.6 Å². The van der Waals surface area contributed by atoms with Crippen molar-refractivity contribution in [2.45, 2.75) is 32.6 Å². The fraction of sp³-hybridized carbons (Fsp3) is 0.387. The van der Waals surface area contributed by atoms with Crippen molar-refractivity contribution in [1.82, 2.24) is 20.1 Å². The topological polar surface area (TPSA) is 80.8 Å². The number of fused-ring (bicyclic) bond motifs is 1. The summed E-state index contributed by atoms with van der Waals surface area (Å²) >= 11 is 6.07. The summed E-state index contributed by atoms with van der Waals surface area (Å²) in [5, 5.41) is 6.35. The number of carbonyl (C=O) groups excluding carboxylic acids is 2. The standard InChI is InChI=1S/C31H34ClF3N6O2/c1-20(2)38-28(42)19-39-10-12-40(13-11-39)30(43)22-5-3-4-21(14-22)23-16-27-29(37-17-23)36-8-9-41(27)18-24-15-25(32)6-7-26(24)31(33,34)35/h3-7,14-17,20H,8-13,18-19H2,1-2H3,(H,36,37)(H,38,42). The summed E-state index contributed by atoms with van der Waals surface area (Å²) in [6, 6.07) is 12.9. The molecule has 2 aromatic carbocycles. The molecule has 0 saturated carbocycles. The molecule has 5 rings (SSSR count). The molecule has 0 aliphatic carbocycles. The lowest BCUT2D eigenvalue weighted by Gasteiger charge is -2.34. The Labute approximate surface area is 253 Å². The van der Waals surface area contributed by atoms with Gasteiger partial charge in [-0.2, -0.15) is 13.2 Å². The van der Waals surface area contributed by atoms with Crippen molar-refractivity contribution in [3.05, 3.63) is 76.4 Å². The number of benzene rings is 2. The van der Waals surface area contributed by atoms with Crippen LogP contribution in [0.25, 0.3) is 11.1 Å². The predicted octanol–water partition coefficient (Wildman–Crippen LogP) is 5.14. The summed E-state index contributed by atoms with van der Waals surface area (Å²) in [7, 11) is 0. The Morgan fingerprint density at radius 3 is 2.51 bits per heavy atom. The van der Waals surface area contributed by atoms with Gasteiger partial charge in [-0.25, -0.2) is 4.98 Å². The van der Waals surface area contributed by atoms with Crippen molar-refractivity contribution >= 4 is 34.9 Å². The van der Waals surface area contributed by atoms with E-state index < -0.39 is 11.7 Å².